The summed E-state index contributed by atoms with van der Waals surface area (Å²) in [4.78, 5) is 31.7. The van der Waals surface area contributed by atoms with E-state index >= 15 is 0 Å². The first-order chi connectivity index (χ1) is 19.6. The molecule has 1 N–H and O–H groups in total. The summed E-state index contributed by atoms with van der Waals surface area (Å²) in [6.07, 6.45) is 8.75. The lowest BCUT2D eigenvalue weighted by Gasteiger charge is -2.35. The highest BCUT2D eigenvalue weighted by Crippen LogP contribution is 2.29. The van der Waals surface area contributed by atoms with Gasteiger partial charge in [-0.2, -0.15) is 9.97 Å². The van der Waals surface area contributed by atoms with Crippen molar-refractivity contribution in [2.45, 2.75) is 51.6 Å². The molecule has 0 radical (unpaired) electrons. The van der Waals surface area contributed by atoms with Crippen LogP contribution in [0.3, 0.4) is 0 Å². The number of aromatic nitrogens is 4. The lowest BCUT2D eigenvalue weighted by molar-refractivity contribution is -0.131. The summed E-state index contributed by atoms with van der Waals surface area (Å²) in [7, 11) is 0. The monoisotopic (exact) mass is 557 g/mol. The first-order valence-corrected chi connectivity index (χ1v) is 14.8. The van der Waals surface area contributed by atoms with Gasteiger partial charge in [-0.3, -0.25) is 4.79 Å². The Morgan fingerprint density at radius 1 is 0.950 bits per heavy atom. The Hall–Kier alpha value is -3.65. The van der Waals surface area contributed by atoms with Gasteiger partial charge in [0, 0.05) is 44.2 Å². The van der Waals surface area contributed by atoms with Crippen molar-refractivity contribution in [1.29, 1.82) is 0 Å². The first kappa shape index (κ1) is 26.6. The number of amides is 1. The largest absolute Gasteiger partial charge is 0.364 e. The van der Waals surface area contributed by atoms with Crippen molar-refractivity contribution in [2.24, 2.45) is 5.92 Å². The van der Waals surface area contributed by atoms with Gasteiger partial charge >= 0.3 is 0 Å². The number of imidazole rings is 1. The molecule has 4 aromatic rings. The van der Waals surface area contributed by atoms with E-state index < -0.39 is 0 Å². The van der Waals surface area contributed by atoms with Crippen LogP contribution in [-0.4, -0.2) is 56.5 Å². The predicted octanol–water partition coefficient (Wildman–Crippen LogP) is 5.76. The van der Waals surface area contributed by atoms with Crippen LogP contribution in [0.15, 0.2) is 60.9 Å². The van der Waals surface area contributed by atoms with Crippen LogP contribution < -0.4 is 10.2 Å². The molecule has 0 atom stereocenters. The van der Waals surface area contributed by atoms with E-state index in [0.717, 1.165) is 29.1 Å². The summed E-state index contributed by atoms with van der Waals surface area (Å²) in [5.41, 5.74) is 3.68. The summed E-state index contributed by atoms with van der Waals surface area (Å²) in [6, 6.07) is 18.1. The van der Waals surface area contributed by atoms with E-state index in [1.54, 1.807) is 0 Å². The lowest BCUT2D eigenvalue weighted by Crippen LogP contribution is -2.49. The molecule has 1 amide bonds. The number of nitrogens with zero attached hydrogens (tertiary/aromatic N) is 6. The smallest absolute Gasteiger partial charge is 0.229 e. The standard InChI is InChI=1S/C31H36ClN7O/c32-26-13-7-6-12-25(26)20-33-29-28-30(39(22-34-28)21-24-10-2-1-3-11-24)36-31(35-29)38-18-16-37(17-19-38)27(40)15-14-23-8-4-5-9-23/h1-3,6-7,10-13,22-23H,4-5,8-9,14-21H2,(H,33,35,36). The fourth-order valence-corrected chi connectivity index (χ4v) is 6.06. The summed E-state index contributed by atoms with van der Waals surface area (Å²) in [6.45, 7) is 3.99. The number of fused-ring (bicyclic) bond motifs is 1. The fourth-order valence-electron chi connectivity index (χ4n) is 5.85. The van der Waals surface area contributed by atoms with Crippen molar-refractivity contribution in [3.8, 4) is 0 Å². The second-order valence-corrected chi connectivity index (χ2v) is 11.3. The van der Waals surface area contributed by atoms with Gasteiger partial charge in [-0.1, -0.05) is 85.8 Å². The number of carbonyl (C=O) groups excluding carboxylic acids is 1. The van der Waals surface area contributed by atoms with Gasteiger partial charge < -0.3 is 19.7 Å². The minimum atomic E-state index is 0.283. The highest BCUT2D eigenvalue weighted by molar-refractivity contribution is 6.31. The van der Waals surface area contributed by atoms with Crippen LogP contribution in [-0.2, 0) is 17.9 Å². The van der Waals surface area contributed by atoms with Crippen LogP contribution >= 0.6 is 11.6 Å². The predicted molar refractivity (Wildman–Crippen MR) is 160 cm³/mol. The number of piperazine rings is 1. The molecule has 0 spiro atoms. The third-order valence-electron chi connectivity index (χ3n) is 8.21. The maximum Gasteiger partial charge on any atom is 0.229 e. The highest BCUT2D eigenvalue weighted by Gasteiger charge is 2.25. The van der Waals surface area contributed by atoms with Gasteiger partial charge in [-0.15, -0.1) is 0 Å². The Balaban J connectivity index is 1.21. The number of hydrogen-bond donors (Lipinski definition) is 1. The van der Waals surface area contributed by atoms with Gasteiger partial charge in [0.05, 0.1) is 12.9 Å². The van der Waals surface area contributed by atoms with E-state index in [1.807, 2.05) is 53.7 Å². The molecule has 2 aliphatic rings. The second-order valence-electron chi connectivity index (χ2n) is 10.9. The molecule has 2 fully saturated rings. The average Bonchev–Trinajstić information content (AvgIpc) is 3.66. The van der Waals surface area contributed by atoms with Crippen LogP contribution in [0.4, 0.5) is 11.8 Å². The summed E-state index contributed by atoms with van der Waals surface area (Å²) in [5, 5.41) is 4.18. The maximum absolute atomic E-state index is 12.9. The van der Waals surface area contributed by atoms with E-state index in [9.17, 15) is 4.79 Å². The Labute approximate surface area is 240 Å². The third kappa shape index (κ3) is 6.07. The number of halogens is 1. The molecule has 3 heterocycles. The van der Waals surface area contributed by atoms with E-state index in [0.29, 0.717) is 62.5 Å². The van der Waals surface area contributed by atoms with Crippen molar-refractivity contribution >= 4 is 40.4 Å². The van der Waals surface area contributed by atoms with Gasteiger partial charge in [-0.25, -0.2) is 4.98 Å². The van der Waals surface area contributed by atoms with Crippen LogP contribution in [0.1, 0.15) is 49.7 Å². The van der Waals surface area contributed by atoms with E-state index in [-0.39, 0.29) is 5.91 Å². The van der Waals surface area contributed by atoms with Crippen molar-refractivity contribution in [3.05, 3.63) is 77.1 Å². The van der Waals surface area contributed by atoms with Crippen molar-refractivity contribution < 1.29 is 4.79 Å². The van der Waals surface area contributed by atoms with Gasteiger partial charge in [-0.05, 0) is 29.5 Å². The van der Waals surface area contributed by atoms with E-state index in [4.69, 9.17) is 26.6 Å². The molecule has 0 bridgehead atoms. The van der Waals surface area contributed by atoms with Crippen molar-refractivity contribution in [2.75, 3.05) is 36.4 Å². The molecule has 6 rings (SSSR count). The average molecular weight is 558 g/mol. The third-order valence-corrected chi connectivity index (χ3v) is 8.58. The molecule has 2 aromatic carbocycles. The van der Waals surface area contributed by atoms with Crippen LogP contribution in [0, 0.1) is 5.92 Å². The number of nitrogens with one attached hydrogen (secondary N) is 1. The summed E-state index contributed by atoms with van der Waals surface area (Å²) in [5.74, 6) is 2.36. The zero-order valence-electron chi connectivity index (χ0n) is 22.8. The minimum Gasteiger partial charge on any atom is -0.364 e. The molecule has 2 aromatic heterocycles. The molecule has 40 heavy (non-hydrogen) atoms. The fraction of sp³-hybridized carbons (Fsp3) is 0.419. The Morgan fingerprint density at radius 2 is 1.70 bits per heavy atom. The van der Waals surface area contributed by atoms with E-state index in [1.165, 1.54) is 31.2 Å². The molecule has 9 heteroatoms. The maximum atomic E-state index is 12.9. The van der Waals surface area contributed by atoms with Gasteiger partial charge in [0.25, 0.3) is 0 Å². The second kappa shape index (κ2) is 12.3. The Kier molecular flexibility index (Phi) is 8.14. The lowest BCUT2D eigenvalue weighted by atomic mass is 10.0. The number of hydrogen-bond acceptors (Lipinski definition) is 6. The Morgan fingerprint density at radius 3 is 2.48 bits per heavy atom. The van der Waals surface area contributed by atoms with Gasteiger partial charge in [0.2, 0.25) is 11.9 Å². The quantitative estimate of drug-likeness (QED) is 0.282. The normalized spacial score (nSPS) is 16.1. The van der Waals surface area contributed by atoms with Gasteiger partial charge in [0.15, 0.2) is 17.0 Å². The van der Waals surface area contributed by atoms with Crippen LogP contribution in [0.25, 0.3) is 11.2 Å². The zero-order valence-corrected chi connectivity index (χ0v) is 23.6. The van der Waals surface area contributed by atoms with Crippen LogP contribution in [0.5, 0.6) is 0 Å². The highest BCUT2D eigenvalue weighted by atomic mass is 35.5. The summed E-state index contributed by atoms with van der Waals surface area (Å²) < 4.78 is 2.07. The van der Waals surface area contributed by atoms with Crippen LogP contribution in [0.2, 0.25) is 5.02 Å². The van der Waals surface area contributed by atoms with E-state index in [2.05, 4.69) is 26.9 Å². The molecule has 1 aliphatic carbocycles. The summed E-state index contributed by atoms with van der Waals surface area (Å²) >= 11 is 6.42. The van der Waals surface area contributed by atoms with Gasteiger partial charge in [0.1, 0.15) is 0 Å². The number of benzene rings is 2. The molecule has 0 unspecified atom stereocenters. The molecular formula is C31H36ClN7O. The Bertz CT molecular complexity index is 1440. The zero-order chi connectivity index (χ0) is 27.3. The van der Waals surface area contributed by atoms with Crippen molar-refractivity contribution in [3.63, 3.8) is 0 Å². The van der Waals surface area contributed by atoms with Crippen molar-refractivity contribution in [1.82, 2.24) is 24.4 Å². The first-order valence-electron chi connectivity index (χ1n) is 14.4. The molecule has 8 nitrogen and oxygen atoms in total. The molecule has 1 saturated carbocycles. The molecule has 1 aliphatic heterocycles. The SMILES string of the molecule is O=C(CCC1CCCC1)N1CCN(c2nc(NCc3ccccc3Cl)c3ncn(Cc4ccccc4)c3n2)CC1. The molecule has 208 valence electrons. The number of rotatable bonds is 9. The molecule has 1 saturated heterocycles. The topological polar surface area (TPSA) is 79.2 Å². The number of anilines is 2. The molecular weight excluding hydrogens is 522 g/mol. The number of carbonyl (C=O) groups is 1. The minimum absolute atomic E-state index is 0.283.